The second-order valence-corrected chi connectivity index (χ2v) is 3.77. The fourth-order valence-electron chi connectivity index (χ4n) is 1.20. The second-order valence-electron chi connectivity index (χ2n) is 3.77. The van der Waals surface area contributed by atoms with Gasteiger partial charge in [0.05, 0.1) is 0 Å². The highest BCUT2D eigenvalue weighted by Gasteiger charge is 2.30. The molecule has 0 aliphatic heterocycles. The zero-order chi connectivity index (χ0) is 14.3. The van der Waals surface area contributed by atoms with Gasteiger partial charge in [0.15, 0.2) is 0 Å². The molecule has 2 N–H and O–H groups in total. The number of ether oxygens (including phenoxy) is 1. The predicted octanol–water partition coefficient (Wildman–Crippen LogP) is 4.16. The Kier molecular flexibility index (Phi) is 5.23. The fraction of sp³-hybridized carbons (Fsp3) is 0.143. The van der Waals surface area contributed by atoms with Crippen molar-refractivity contribution < 1.29 is 17.9 Å². The number of rotatable bonds is 1. The summed E-state index contributed by atoms with van der Waals surface area (Å²) in [5.41, 5.74) is 6.97. The summed E-state index contributed by atoms with van der Waals surface area (Å²) >= 11 is 0. The van der Waals surface area contributed by atoms with Crippen LogP contribution < -0.4 is 10.5 Å². The Labute approximate surface area is 109 Å². The first-order valence-corrected chi connectivity index (χ1v) is 5.50. The number of halogens is 3. The molecule has 102 valence electrons. The topological polar surface area (TPSA) is 35.2 Å². The van der Waals surface area contributed by atoms with E-state index in [4.69, 9.17) is 5.73 Å². The molecule has 0 atom stereocenters. The SMILES string of the molecule is Cc1ccccc1.Nc1ccc(OC(F)(F)F)cc1. The minimum Gasteiger partial charge on any atom is -0.406 e. The number of aryl methyl sites for hydroxylation is 1. The number of alkyl halides is 3. The van der Waals surface area contributed by atoms with Gasteiger partial charge in [-0.05, 0) is 31.2 Å². The number of nitrogens with two attached hydrogens (primary N) is 1. The van der Waals surface area contributed by atoms with Gasteiger partial charge in [0.1, 0.15) is 5.75 Å². The van der Waals surface area contributed by atoms with Crippen LogP contribution in [0.1, 0.15) is 5.56 Å². The molecule has 0 saturated carbocycles. The average Bonchev–Trinajstić information content (AvgIpc) is 2.32. The summed E-state index contributed by atoms with van der Waals surface area (Å²) in [6, 6.07) is 15.2. The number of anilines is 1. The summed E-state index contributed by atoms with van der Waals surface area (Å²) in [4.78, 5) is 0. The number of hydrogen-bond acceptors (Lipinski definition) is 2. The lowest BCUT2D eigenvalue weighted by Crippen LogP contribution is -2.16. The third-order valence-corrected chi connectivity index (χ3v) is 2.05. The van der Waals surface area contributed by atoms with Gasteiger partial charge >= 0.3 is 6.36 Å². The highest BCUT2D eigenvalue weighted by Crippen LogP contribution is 2.22. The van der Waals surface area contributed by atoms with Crippen molar-refractivity contribution in [3.8, 4) is 5.75 Å². The number of benzene rings is 2. The van der Waals surface area contributed by atoms with E-state index in [1.807, 2.05) is 18.2 Å². The van der Waals surface area contributed by atoms with E-state index < -0.39 is 6.36 Å². The molecule has 0 saturated heterocycles. The minimum atomic E-state index is -4.64. The van der Waals surface area contributed by atoms with Crippen LogP contribution in [0, 0.1) is 6.92 Å². The Balaban J connectivity index is 0.000000218. The van der Waals surface area contributed by atoms with Crippen LogP contribution in [0.4, 0.5) is 18.9 Å². The van der Waals surface area contributed by atoms with E-state index in [0.29, 0.717) is 5.69 Å². The molecule has 0 aliphatic carbocycles. The van der Waals surface area contributed by atoms with Crippen molar-refractivity contribution >= 4 is 5.69 Å². The molecule has 0 fully saturated rings. The van der Waals surface area contributed by atoms with E-state index in [9.17, 15) is 13.2 Å². The van der Waals surface area contributed by atoms with Gasteiger partial charge in [0.25, 0.3) is 0 Å². The largest absolute Gasteiger partial charge is 0.573 e. The molecule has 0 aliphatic rings. The highest BCUT2D eigenvalue weighted by atomic mass is 19.4. The van der Waals surface area contributed by atoms with Crippen molar-refractivity contribution in [3.63, 3.8) is 0 Å². The summed E-state index contributed by atoms with van der Waals surface area (Å²) in [5.74, 6) is -0.267. The molecule has 0 radical (unpaired) electrons. The van der Waals surface area contributed by atoms with Gasteiger partial charge in [0.2, 0.25) is 0 Å². The summed E-state index contributed by atoms with van der Waals surface area (Å²) in [5, 5.41) is 0. The van der Waals surface area contributed by atoms with E-state index >= 15 is 0 Å². The first-order chi connectivity index (χ1) is 8.87. The number of hydrogen-bond donors (Lipinski definition) is 1. The molecule has 19 heavy (non-hydrogen) atoms. The van der Waals surface area contributed by atoms with E-state index in [0.717, 1.165) is 12.1 Å². The Morgan fingerprint density at radius 2 is 1.42 bits per heavy atom. The molecule has 2 aromatic rings. The van der Waals surface area contributed by atoms with Crippen LogP contribution in [-0.2, 0) is 0 Å². The van der Waals surface area contributed by atoms with Crippen molar-refractivity contribution in [2.45, 2.75) is 13.3 Å². The van der Waals surface area contributed by atoms with Crippen LogP contribution in [0.3, 0.4) is 0 Å². The van der Waals surface area contributed by atoms with Crippen molar-refractivity contribution in [2.24, 2.45) is 0 Å². The summed E-state index contributed by atoms with van der Waals surface area (Å²) in [6.45, 7) is 2.08. The molecule has 0 amide bonds. The van der Waals surface area contributed by atoms with E-state index in [2.05, 4.69) is 23.8 Å². The zero-order valence-electron chi connectivity index (χ0n) is 10.3. The summed E-state index contributed by atoms with van der Waals surface area (Å²) < 4.78 is 38.4. The van der Waals surface area contributed by atoms with Gasteiger partial charge in [0, 0.05) is 5.69 Å². The average molecular weight is 269 g/mol. The van der Waals surface area contributed by atoms with Crippen molar-refractivity contribution in [1.29, 1.82) is 0 Å². The molecule has 2 rings (SSSR count). The van der Waals surface area contributed by atoms with Crippen LogP contribution in [0.25, 0.3) is 0 Å². The van der Waals surface area contributed by atoms with Gasteiger partial charge < -0.3 is 10.5 Å². The first kappa shape index (κ1) is 14.9. The lowest BCUT2D eigenvalue weighted by atomic mass is 10.2. The zero-order valence-corrected chi connectivity index (χ0v) is 10.3. The minimum absolute atomic E-state index is 0.267. The van der Waals surface area contributed by atoms with E-state index in [1.165, 1.54) is 17.7 Å². The molecule has 5 heteroatoms. The maximum Gasteiger partial charge on any atom is 0.573 e. The van der Waals surface area contributed by atoms with Crippen molar-refractivity contribution in [3.05, 3.63) is 60.2 Å². The van der Waals surface area contributed by atoms with Gasteiger partial charge in [-0.3, -0.25) is 0 Å². The quantitative estimate of drug-likeness (QED) is 0.789. The normalized spacial score (nSPS) is 10.3. The lowest BCUT2D eigenvalue weighted by molar-refractivity contribution is -0.274. The smallest absolute Gasteiger partial charge is 0.406 e. The molecule has 0 spiro atoms. The molecule has 2 aromatic carbocycles. The van der Waals surface area contributed by atoms with Crippen LogP contribution in [0.5, 0.6) is 5.75 Å². The van der Waals surface area contributed by atoms with Gasteiger partial charge in [-0.2, -0.15) is 0 Å². The number of nitrogen functional groups attached to an aromatic ring is 1. The Morgan fingerprint density at radius 1 is 0.895 bits per heavy atom. The Hall–Kier alpha value is -2.17. The third-order valence-electron chi connectivity index (χ3n) is 2.05. The highest BCUT2D eigenvalue weighted by molar-refractivity contribution is 5.41. The monoisotopic (exact) mass is 269 g/mol. The van der Waals surface area contributed by atoms with Gasteiger partial charge in [-0.15, -0.1) is 13.2 Å². The molecule has 0 aromatic heterocycles. The lowest BCUT2D eigenvalue weighted by Gasteiger charge is -2.07. The Morgan fingerprint density at radius 3 is 1.79 bits per heavy atom. The molecule has 0 heterocycles. The molecule has 0 bridgehead atoms. The molecular weight excluding hydrogens is 255 g/mol. The van der Waals surface area contributed by atoms with Gasteiger partial charge in [-0.1, -0.05) is 35.9 Å². The van der Waals surface area contributed by atoms with E-state index in [-0.39, 0.29) is 5.75 Å². The summed E-state index contributed by atoms with van der Waals surface area (Å²) in [6.07, 6.45) is -4.64. The van der Waals surface area contributed by atoms with Crippen LogP contribution in [0.2, 0.25) is 0 Å². The maximum absolute atomic E-state index is 11.6. The van der Waals surface area contributed by atoms with Crippen LogP contribution in [-0.4, -0.2) is 6.36 Å². The predicted molar refractivity (Wildman–Crippen MR) is 68.7 cm³/mol. The molecular formula is C14H14F3NO. The second kappa shape index (κ2) is 6.68. The third kappa shape index (κ3) is 6.98. The molecule has 0 unspecified atom stereocenters. The van der Waals surface area contributed by atoms with E-state index in [1.54, 1.807) is 0 Å². The van der Waals surface area contributed by atoms with Crippen molar-refractivity contribution in [2.75, 3.05) is 5.73 Å². The first-order valence-electron chi connectivity index (χ1n) is 5.50. The van der Waals surface area contributed by atoms with Crippen molar-refractivity contribution in [1.82, 2.24) is 0 Å². The summed E-state index contributed by atoms with van der Waals surface area (Å²) in [7, 11) is 0. The standard InChI is InChI=1S/C7H6F3NO.C7H8/c8-7(9,10)12-6-3-1-5(11)2-4-6;1-7-5-3-2-4-6-7/h1-4H,11H2;2-6H,1H3. The van der Waals surface area contributed by atoms with Gasteiger partial charge in [-0.25, -0.2) is 0 Å². The van der Waals surface area contributed by atoms with Crippen LogP contribution >= 0.6 is 0 Å². The van der Waals surface area contributed by atoms with Crippen LogP contribution in [0.15, 0.2) is 54.6 Å². The fourth-order valence-corrected chi connectivity index (χ4v) is 1.20. The Bertz CT molecular complexity index is 480. The maximum atomic E-state index is 11.6. The molecule has 2 nitrogen and oxygen atoms in total.